The maximum Gasteiger partial charge on any atom is 0.0883 e. The molecule has 4 fully saturated rings. The van der Waals surface area contributed by atoms with Crippen LogP contribution >= 0.6 is 9.24 Å². The van der Waals surface area contributed by atoms with E-state index in [0.29, 0.717) is 40.8 Å². The van der Waals surface area contributed by atoms with E-state index in [1.54, 1.807) is 7.11 Å². The summed E-state index contributed by atoms with van der Waals surface area (Å²) < 4.78 is 5.38. The highest BCUT2D eigenvalue weighted by Crippen LogP contribution is 2.68. The maximum absolute atomic E-state index is 11.1. The van der Waals surface area contributed by atoms with Crippen molar-refractivity contribution in [2.24, 2.45) is 46.3 Å². The Morgan fingerprint density at radius 2 is 1.66 bits per heavy atom. The van der Waals surface area contributed by atoms with Crippen LogP contribution in [0.5, 0.6) is 0 Å². The van der Waals surface area contributed by atoms with Gasteiger partial charge in [-0.05, 0) is 117 Å². The minimum absolute atomic E-state index is 0.175. The van der Waals surface area contributed by atoms with Gasteiger partial charge in [0, 0.05) is 12.8 Å². The highest BCUT2D eigenvalue weighted by molar-refractivity contribution is 7.17. The van der Waals surface area contributed by atoms with Crippen molar-refractivity contribution in [3.05, 3.63) is 0 Å². The topological polar surface area (TPSA) is 49.7 Å². The largest absolute Gasteiger partial charge is 0.392 e. The summed E-state index contributed by atoms with van der Waals surface area (Å²) in [5, 5.41) is 22.1. The molecule has 32 heavy (non-hydrogen) atoms. The van der Waals surface area contributed by atoms with Gasteiger partial charge >= 0.3 is 0 Å². The summed E-state index contributed by atoms with van der Waals surface area (Å²) in [5.41, 5.74) is 0.512. The molecule has 4 aliphatic rings. The first-order chi connectivity index (χ1) is 15.0. The maximum atomic E-state index is 11.1. The lowest BCUT2D eigenvalue weighted by atomic mass is 9.44. The lowest BCUT2D eigenvalue weighted by molar-refractivity contribution is -0.163. The SMILES string of the molecule is COC[C@]1(O)CC[C@@]2(C)[C@@H](CC[C@@H]3[C@@H]2CC[C@]2(C)[C@@H]([C@H](P)[C@H](O)CCC(C)C)CC[C@@H]32)C1. The van der Waals surface area contributed by atoms with E-state index in [1.807, 2.05) is 0 Å². The van der Waals surface area contributed by atoms with Gasteiger partial charge in [-0.15, -0.1) is 9.24 Å². The molecule has 0 amide bonds. The summed E-state index contributed by atoms with van der Waals surface area (Å²) in [6, 6.07) is 0. The predicted octanol–water partition coefficient (Wildman–Crippen LogP) is 6.06. The summed E-state index contributed by atoms with van der Waals surface area (Å²) in [5.74, 6) is 4.44. The van der Waals surface area contributed by atoms with E-state index >= 15 is 0 Å². The zero-order valence-corrected chi connectivity index (χ0v) is 22.6. The highest BCUT2D eigenvalue weighted by Gasteiger charge is 2.61. The van der Waals surface area contributed by atoms with Gasteiger partial charge in [-0.1, -0.05) is 27.7 Å². The van der Waals surface area contributed by atoms with Crippen LogP contribution in [0, 0.1) is 46.3 Å². The van der Waals surface area contributed by atoms with Crippen LogP contribution in [0.1, 0.15) is 98.3 Å². The average Bonchev–Trinajstić information content (AvgIpc) is 3.09. The van der Waals surface area contributed by atoms with Gasteiger partial charge in [0.15, 0.2) is 0 Å². The molecule has 2 N–H and O–H groups in total. The molecule has 0 aromatic carbocycles. The number of hydrogen-bond donors (Lipinski definition) is 2. The molecule has 0 aromatic heterocycles. The van der Waals surface area contributed by atoms with Crippen molar-refractivity contribution < 1.29 is 14.9 Å². The Morgan fingerprint density at radius 1 is 0.938 bits per heavy atom. The molecule has 0 bridgehead atoms. The van der Waals surface area contributed by atoms with E-state index in [-0.39, 0.29) is 6.10 Å². The minimum Gasteiger partial charge on any atom is -0.392 e. The normalized spacial score (nSPS) is 48.1. The van der Waals surface area contributed by atoms with Crippen molar-refractivity contribution in [2.75, 3.05) is 13.7 Å². The second-order valence-electron chi connectivity index (χ2n) is 13.4. The van der Waals surface area contributed by atoms with Crippen molar-refractivity contribution in [3.8, 4) is 0 Å². The molecule has 186 valence electrons. The zero-order valence-electron chi connectivity index (χ0n) is 21.5. The van der Waals surface area contributed by atoms with E-state index in [1.165, 1.54) is 38.5 Å². The molecule has 4 aliphatic carbocycles. The van der Waals surface area contributed by atoms with Crippen LogP contribution in [0.4, 0.5) is 0 Å². The molecule has 1 unspecified atom stereocenters. The summed E-state index contributed by atoms with van der Waals surface area (Å²) in [6.07, 6.45) is 12.8. The molecule has 4 rings (SSSR count). The van der Waals surface area contributed by atoms with Crippen LogP contribution < -0.4 is 0 Å². The monoisotopic (exact) mass is 466 g/mol. The first-order valence-electron chi connectivity index (χ1n) is 13.7. The Bertz CT molecular complexity index is 655. The standard InChI is InChI=1S/C28H51O3P/c1-18(2)6-11-24(29)25(32)23-10-9-21-20-8-7-19-16-28(30,17-31-5)15-14-26(19,3)22(20)12-13-27(21,23)4/h18-25,29-30H,6-17,32H2,1-5H3/t19-,20-,21-,22-,23+,24+,25-,26-,27-,28-/m0/s1. The Kier molecular flexibility index (Phi) is 7.46. The van der Waals surface area contributed by atoms with Gasteiger partial charge < -0.3 is 14.9 Å². The quantitative estimate of drug-likeness (QED) is 0.448. The fourth-order valence-electron chi connectivity index (χ4n) is 9.36. The summed E-state index contributed by atoms with van der Waals surface area (Å²) in [6.45, 7) is 10.2. The highest BCUT2D eigenvalue weighted by atomic mass is 31.0. The summed E-state index contributed by atoms with van der Waals surface area (Å²) >= 11 is 0. The summed E-state index contributed by atoms with van der Waals surface area (Å²) in [7, 11) is 4.81. The zero-order chi connectivity index (χ0) is 23.3. The smallest absolute Gasteiger partial charge is 0.0883 e. The number of fused-ring (bicyclic) bond motifs is 5. The molecule has 0 saturated heterocycles. The lowest BCUT2D eigenvalue weighted by Crippen LogP contribution is -2.57. The predicted molar refractivity (Wildman–Crippen MR) is 136 cm³/mol. The molecule has 4 heteroatoms. The van der Waals surface area contributed by atoms with E-state index in [0.717, 1.165) is 49.9 Å². The van der Waals surface area contributed by atoms with Crippen LogP contribution in [0.2, 0.25) is 0 Å². The Labute approximate surface area is 200 Å². The first kappa shape index (κ1) is 25.4. The van der Waals surface area contributed by atoms with Gasteiger partial charge in [-0.2, -0.15) is 0 Å². The van der Waals surface area contributed by atoms with Crippen LogP contribution in [0.3, 0.4) is 0 Å². The fourth-order valence-corrected chi connectivity index (χ4v) is 10.2. The molecule has 0 aromatic rings. The average molecular weight is 467 g/mol. The molecule has 0 spiro atoms. The Hall–Kier alpha value is 0.310. The van der Waals surface area contributed by atoms with Crippen molar-refractivity contribution in [3.63, 3.8) is 0 Å². The second-order valence-corrected chi connectivity index (χ2v) is 14.1. The number of rotatable bonds is 7. The first-order valence-corrected chi connectivity index (χ1v) is 14.4. The van der Waals surface area contributed by atoms with Gasteiger partial charge in [0.2, 0.25) is 0 Å². The molecule has 0 heterocycles. The van der Waals surface area contributed by atoms with E-state index < -0.39 is 5.60 Å². The van der Waals surface area contributed by atoms with Gasteiger partial charge in [0.25, 0.3) is 0 Å². The number of aliphatic hydroxyl groups is 2. The third kappa shape index (κ3) is 4.36. The van der Waals surface area contributed by atoms with Gasteiger partial charge in [0.05, 0.1) is 18.3 Å². The second kappa shape index (κ2) is 9.40. The van der Waals surface area contributed by atoms with Crippen molar-refractivity contribution in [1.29, 1.82) is 0 Å². The number of ether oxygens (including phenoxy) is 1. The Balaban J connectivity index is 1.47. The number of methoxy groups -OCH3 is 1. The molecule has 0 aliphatic heterocycles. The van der Waals surface area contributed by atoms with Crippen molar-refractivity contribution in [1.82, 2.24) is 0 Å². The van der Waals surface area contributed by atoms with Gasteiger partial charge in [-0.25, -0.2) is 0 Å². The molecular formula is C28H51O3P. The van der Waals surface area contributed by atoms with Crippen LogP contribution in [-0.2, 0) is 4.74 Å². The van der Waals surface area contributed by atoms with Crippen molar-refractivity contribution in [2.45, 2.75) is 116 Å². The molecular weight excluding hydrogens is 415 g/mol. The molecule has 0 radical (unpaired) electrons. The fraction of sp³-hybridized carbons (Fsp3) is 1.00. The number of hydrogen-bond acceptors (Lipinski definition) is 3. The van der Waals surface area contributed by atoms with E-state index in [9.17, 15) is 10.2 Å². The summed E-state index contributed by atoms with van der Waals surface area (Å²) in [4.78, 5) is 0. The third-order valence-corrected chi connectivity index (χ3v) is 12.2. The number of aliphatic hydroxyl groups excluding tert-OH is 1. The molecule has 3 nitrogen and oxygen atoms in total. The molecule has 4 saturated carbocycles. The van der Waals surface area contributed by atoms with Gasteiger partial charge in [-0.3, -0.25) is 0 Å². The van der Waals surface area contributed by atoms with Crippen LogP contribution in [0.25, 0.3) is 0 Å². The van der Waals surface area contributed by atoms with Gasteiger partial charge in [0.1, 0.15) is 0 Å². The third-order valence-electron chi connectivity index (χ3n) is 11.3. The molecule has 11 atom stereocenters. The van der Waals surface area contributed by atoms with Crippen LogP contribution in [0.15, 0.2) is 0 Å². The van der Waals surface area contributed by atoms with Crippen molar-refractivity contribution >= 4 is 9.24 Å². The van der Waals surface area contributed by atoms with E-state index in [2.05, 4.69) is 36.9 Å². The van der Waals surface area contributed by atoms with Crippen LogP contribution in [-0.4, -0.2) is 41.3 Å². The minimum atomic E-state index is -0.605. The van der Waals surface area contributed by atoms with E-state index in [4.69, 9.17) is 4.74 Å². The Morgan fingerprint density at radius 3 is 2.34 bits per heavy atom. The lowest BCUT2D eigenvalue weighted by Gasteiger charge is -2.62.